The van der Waals surface area contributed by atoms with Crippen LogP contribution >= 0.6 is 11.8 Å². The summed E-state index contributed by atoms with van der Waals surface area (Å²) in [6, 6.07) is -0.0872. The highest BCUT2D eigenvalue weighted by atomic mass is 32.2. The Balaban J connectivity index is 1.91. The predicted octanol–water partition coefficient (Wildman–Crippen LogP) is 1.58. The molecular formula is C12H20N2O3S. The van der Waals surface area contributed by atoms with Crippen LogP contribution in [0.25, 0.3) is 0 Å². The van der Waals surface area contributed by atoms with Gasteiger partial charge in [0.15, 0.2) is 0 Å². The molecule has 102 valence electrons. The van der Waals surface area contributed by atoms with Crippen LogP contribution in [0.5, 0.6) is 0 Å². The number of fused-ring (bicyclic) bond motifs is 1. The van der Waals surface area contributed by atoms with Gasteiger partial charge in [0.25, 0.3) is 0 Å². The zero-order valence-electron chi connectivity index (χ0n) is 10.8. The molecule has 2 aliphatic rings. The van der Waals surface area contributed by atoms with Crippen LogP contribution < -0.4 is 10.6 Å². The van der Waals surface area contributed by atoms with Crippen molar-refractivity contribution in [2.75, 3.05) is 5.75 Å². The van der Waals surface area contributed by atoms with Gasteiger partial charge in [0.05, 0.1) is 11.1 Å². The molecule has 2 saturated heterocycles. The van der Waals surface area contributed by atoms with Gasteiger partial charge in [-0.15, -0.1) is 0 Å². The molecule has 0 aromatic carbocycles. The zero-order valence-corrected chi connectivity index (χ0v) is 11.6. The van der Waals surface area contributed by atoms with E-state index in [9.17, 15) is 9.59 Å². The third kappa shape index (κ3) is 2.18. The number of aliphatic carboxylic acids is 1. The minimum absolute atomic E-state index is 0.0872. The molecule has 2 aliphatic heterocycles. The fourth-order valence-electron chi connectivity index (χ4n) is 2.82. The number of nitrogens with one attached hydrogen (secondary N) is 2. The SMILES string of the molecule is C[C@@]12CSC(CCCCC(=O)O)[C@]1(C)NC(=O)N2. The number of hydrogen-bond acceptors (Lipinski definition) is 3. The normalized spacial score (nSPS) is 38.1. The Morgan fingerprint density at radius 2 is 2.17 bits per heavy atom. The monoisotopic (exact) mass is 272 g/mol. The predicted molar refractivity (Wildman–Crippen MR) is 70.8 cm³/mol. The third-order valence-corrected chi connectivity index (χ3v) is 6.09. The molecule has 2 rings (SSSR count). The van der Waals surface area contributed by atoms with Gasteiger partial charge in [-0.05, 0) is 26.7 Å². The molecule has 0 radical (unpaired) electrons. The lowest BCUT2D eigenvalue weighted by molar-refractivity contribution is -0.137. The Hall–Kier alpha value is -0.910. The standard InChI is InChI=1S/C12H20N2O3S/c1-11-7-18-8(5-3-4-6-9(15)16)12(11,2)14-10(17)13-11/h8H,3-7H2,1-2H3,(H,15,16)(H2,13,14,17)/t8?,11-,12+/m1/s1. The fourth-order valence-corrected chi connectivity index (χ4v) is 4.71. The molecular weight excluding hydrogens is 252 g/mol. The minimum atomic E-state index is -0.735. The largest absolute Gasteiger partial charge is 0.481 e. The summed E-state index contributed by atoms with van der Waals surface area (Å²) in [6.07, 6.45) is 2.79. The van der Waals surface area contributed by atoms with Gasteiger partial charge < -0.3 is 15.7 Å². The molecule has 0 saturated carbocycles. The maximum absolute atomic E-state index is 11.5. The average Bonchev–Trinajstić information content (AvgIpc) is 2.60. The first-order valence-electron chi connectivity index (χ1n) is 6.31. The molecule has 3 atom stereocenters. The maximum Gasteiger partial charge on any atom is 0.315 e. The Bertz CT molecular complexity index is 376. The van der Waals surface area contributed by atoms with Crippen molar-refractivity contribution < 1.29 is 14.7 Å². The molecule has 2 fully saturated rings. The molecule has 0 aromatic heterocycles. The van der Waals surface area contributed by atoms with E-state index >= 15 is 0 Å². The number of unbranched alkanes of at least 4 members (excludes halogenated alkanes) is 1. The highest BCUT2D eigenvalue weighted by molar-refractivity contribution is 8.00. The highest BCUT2D eigenvalue weighted by Crippen LogP contribution is 2.47. The molecule has 0 bridgehead atoms. The molecule has 0 spiro atoms. The number of carboxylic acids is 1. The Labute approximate surface area is 111 Å². The summed E-state index contributed by atoms with van der Waals surface area (Å²) in [5.74, 6) is 0.173. The summed E-state index contributed by atoms with van der Waals surface area (Å²) >= 11 is 1.87. The van der Waals surface area contributed by atoms with E-state index in [1.165, 1.54) is 0 Å². The van der Waals surface area contributed by atoms with E-state index in [4.69, 9.17) is 5.11 Å². The molecule has 0 aliphatic carbocycles. The van der Waals surface area contributed by atoms with Crippen molar-refractivity contribution in [1.29, 1.82) is 0 Å². The molecule has 5 nitrogen and oxygen atoms in total. The van der Waals surface area contributed by atoms with Gasteiger partial charge in [0.2, 0.25) is 0 Å². The van der Waals surface area contributed by atoms with Gasteiger partial charge in [0.1, 0.15) is 0 Å². The lowest BCUT2D eigenvalue weighted by atomic mass is 9.79. The average molecular weight is 272 g/mol. The summed E-state index contributed by atoms with van der Waals surface area (Å²) < 4.78 is 0. The summed E-state index contributed by atoms with van der Waals surface area (Å²) in [6.45, 7) is 4.17. The van der Waals surface area contributed by atoms with Crippen molar-refractivity contribution in [3.8, 4) is 0 Å². The number of urea groups is 1. The van der Waals surface area contributed by atoms with Crippen LogP contribution in [0.15, 0.2) is 0 Å². The lowest BCUT2D eigenvalue weighted by Gasteiger charge is -2.35. The van der Waals surface area contributed by atoms with Crippen LogP contribution in [0.3, 0.4) is 0 Å². The van der Waals surface area contributed by atoms with Crippen LogP contribution in [-0.4, -0.2) is 39.2 Å². The summed E-state index contributed by atoms with van der Waals surface area (Å²) in [7, 11) is 0. The first-order valence-corrected chi connectivity index (χ1v) is 7.36. The van der Waals surface area contributed by atoms with Crippen molar-refractivity contribution in [1.82, 2.24) is 10.6 Å². The number of thioether (sulfide) groups is 1. The quantitative estimate of drug-likeness (QED) is 0.524. The molecule has 1 unspecified atom stereocenters. The van der Waals surface area contributed by atoms with Crippen LogP contribution in [0.4, 0.5) is 4.79 Å². The van der Waals surface area contributed by atoms with E-state index in [-0.39, 0.29) is 23.5 Å². The van der Waals surface area contributed by atoms with Gasteiger partial charge in [-0.2, -0.15) is 11.8 Å². The van der Waals surface area contributed by atoms with Crippen LogP contribution in [-0.2, 0) is 4.79 Å². The van der Waals surface area contributed by atoms with E-state index in [2.05, 4.69) is 24.5 Å². The van der Waals surface area contributed by atoms with Crippen molar-refractivity contribution >= 4 is 23.8 Å². The number of carbonyl (C=O) groups is 2. The molecule has 6 heteroatoms. The minimum Gasteiger partial charge on any atom is -0.481 e. The van der Waals surface area contributed by atoms with Gasteiger partial charge >= 0.3 is 12.0 Å². The number of carboxylic acid groups (broad SMARTS) is 1. The van der Waals surface area contributed by atoms with E-state index in [0.717, 1.165) is 18.6 Å². The van der Waals surface area contributed by atoms with Crippen LogP contribution in [0.2, 0.25) is 0 Å². The van der Waals surface area contributed by atoms with Crippen LogP contribution in [0.1, 0.15) is 39.5 Å². The smallest absolute Gasteiger partial charge is 0.315 e. The van der Waals surface area contributed by atoms with E-state index < -0.39 is 5.97 Å². The van der Waals surface area contributed by atoms with Gasteiger partial charge in [-0.1, -0.05) is 6.42 Å². The molecule has 3 N–H and O–H groups in total. The molecule has 2 amide bonds. The Kier molecular flexibility index (Phi) is 3.49. The van der Waals surface area contributed by atoms with Crippen molar-refractivity contribution in [2.24, 2.45) is 0 Å². The van der Waals surface area contributed by atoms with Crippen molar-refractivity contribution in [3.63, 3.8) is 0 Å². The van der Waals surface area contributed by atoms with E-state index in [0.29, 0.717) is 11.7 Å². The second kappa shape index (κ2) is 4.64. The maximum atomic E-state index is 11.5. The lowest BCUT2D eigenvalue weighted by Crippen LogP contribution is -2.58. The first kappa shape index (κ1) is 13.5. The van der Waals surface area contributed by atoms with E-state index in [1.807, 2.05) is 11.8 Å². The van der Waals surface area contributed by atoms with Gasteiger partial charge in [0, 0.05) is 17.4 Å². The molecule has 18 heavy (non-hydrogen) atoms. The fraction of sp³-hybridized carbons (Fsp3) is 0.833. The van der Waals surface area contributed by atoms with Crippen molar-refractivity contribution in [3.05, 3.63) is 0 Å². The van der Waals surface area contributed by atoms with Crippen molar-refractivity contribution in [2.45, 2.75) is 55.9 Å². The highest BCUT2D eigenvalue weighted by Gasteiger charge is 2.60. The van der Waals surface area contributed by atoms with Crippen LogP contribution in [0, 0.1) is 0 Å². The summed E-state index contributed by atoms with van der Waals surface area (Å²) in [5, 5.41) is 15.0. The molecule has 2 heterocycles. The molecule has 0 aromatic rings. The second-order valence-electron chi connectivity index (χ2n) is 5.55. The second-order valence-corrected chi connectivity index (χ2v) is 6.74. The van der Waals surface area contributed by atoms with Gasteiger partial charge in [-0.3, -0.25) is 4.79 Å². The summed E-state index contributed by atoms with van der Waals surface area (Å²) in [4.78, 5) is 22.0. The number of amides is 2. The third-order valence-electron chi connectivity index (χ3n) is 4.23. The van der Waals surface area contributed by atoms with Gasteiger partial charge in [-0.25, -0.2) is 4.79 Å². The zero-order chi connectivity index (χ0) is 13.4. The first-order chi connectivity index (χ1) is 8.37. The topological polar surface area (TPSA) is 78.4 Å². The number of carbonyl (C=O) groups excluding carboxylic acids is 1. The number of rotatable bonds is 5. The Morgan fingerprint density at radius 3 is 2.83 bits per heavy atom. The number of hydrogen-bond donors (Lipinski definition) is 3. The Morgan fingerprint density at radius 1 is 1.44 bits per heavy atom. The van der Waals surface area contributed by atoms with E-state index in [1.54, 1.807) is 0 Å². The summed E-state index contributed by atoms with van der Waals surface area (Å²) in [5.41, 5.74) is -0.413.